The number of aliphatic hydroxyl groups is 1. The standard InChI is InChI=1S/C19H19NO3/c1-13-8-10-15(11-9-13)19(22-2)18(21)17-12-16(20-23-17)14-6-4-3-5-7-14/h3-12,18-19,21H,1-2H3. The van der Waals surface area contributed by atoms with Gasteiger partial charge in [0.1, 0.15) is 17.9 Å². The van der Waals surface area contributed by atoms with E-state index in [0.29, 0.717) is 11.5 Å². The zero-order valence-electron chi connectivity index (χ0n) is 13.1. The van der Waals surface area contributed by atoms with Crippen LogP contribution >= 0.6 is 0 Å². The average Bonchev–Trinajstić information content (AvgIpc) is 3.08. The smallest absolute Gasteiger partial charge is 0.168 e. The van der Waals surface area contributed by atoms with Gasteiger partial charge in [0, 0.05) is 18.7 Å². The first kappa shape index (κ1) is 15.5. The van der Waals surface area contributed by atoms with E-state index in [1.165, 1.54) is 0 Å². The first-order valence-electron chi connectivity index (χ1n) is 7.48. The van der Waals surface area contributed by atoms with Crippen molar-refractivity contribution in [2.24, 2.45) is 0 Å². The summed E-state index contributed by atoms with van der Waals surface area (Å²) in [5.74, 6) is 0.385. The Hall–Kier alpha value is -2.43. The van der Waals surface area contributed by atoms with Crippen molar-refractivity contribution in [1.29, 1.82) is 0 Å². The van der Waals surface area contributed by atoms with Crippen LogP contribution in [0.5, 0.6) is 0 Å². The number of benzene rings is 2. The van der Waals surface area contributed by atoms with Crippen molar-refractivity contribution >= 4 is 0 Å². The number of hydrogen-bond acceptors (Lipinski definition) is 4. The SMILES string of the molecule is COC(c1ccc(C)cc1)C(O)c1cc(-c2ccccc2)no1. The molecule has 118 valence electrons. The van der Waals surface area contributed by atoms with Crippen LogP contribution in [0.4, 0.5) is 0 Å². The summed E-state index contributed by atoms with van der Waals surface area (Å²) in [6.45, 7) is 2.02. The molecular formula is C19H19NO3. The Morgan fingerprint density at radius 1 is 1.04 bits per heavy atom. The Balaban J connectivity index is 1.85. The van der Waals surface area contributed by atoms with Crippen molar-refractivity contribution in [2.75, 3.05) is 7.11 Å². The summed E-state index contributed by atoms with van der Waals surface area (Å²) in [7, 11) is 1.57. The Morgan fingerprint density at radius 3 is 2.39 bits per heavy atom. The third-order valence-corrected chi connectivity index (χ3v) is 3.84. The lowest BCUT2D eigenvalue weighted by atomic mass is 10.0. The third-order valence-electron chi connectivity index (χ3n) is 3.84. The second kappa shape index (κ2) is 6.77. The van der Waals surface area contributed by atoms with Crippen LogP contribution in [-0.2, 0) is 4.74 Å². The number of nitrogens with zero attached hydrogens (tertiary/aromatic N) is 1. The molecule has 4 heteroatoms. The van der Waals surface area contributed by atoms with Crippen molar-refractivity contribution in [3.63, 3.8) is 0 Å². The van der Waals surface area contributed by atoms with Crippen LogP contribution in [0, 0.1) is 6.92 Å². The normalized spacial score (nSPS) is 13.7. The minimum atomic E-state index is -0.923. The van der Waals surface area contributed by atoms with E-state index in [2.05, 4.69) is 5.16 Å². The van der Waals surface area contributed by atoms with Crippen LogP contribution in [0.25, 0.3) is 11.3 Å². The number of hydrogen-bond donors (Lipinski definition) is 1. The first-order valence-corrected chi connectivity index (χ1v) is 7.48. The fraction of sp³-hybridized carbons (Fsp3) is 0.211. The van der Waals surface area contributed by atoms with Gasteiger partial charge in [-0.3, -0.25) is 0 Å². The summed E-state index contributed by atoms with van der Waals surface area (Å²) in [4.78, 5) is 0. The van der Waals surface area contributed by atoms with Crippen molar-refractivity contribution in [3.8, 4) is 11.3 Å². The number of aryl methyl sites for hydroxylation is 1. The van der Waals surface area contributed by atoms with Crippen LogP contribution in [0.2, 0.25) is 0 Å². The van der Waals surface area contributed by atoms with Gasteiger partial charge < -0.3 is 14.4 Å². The zero-order valence-corrected chi connectivity index (χ0v) is 13.1. The van der Waals surface area contributed by atoms with Crippen LogP contribution < -0.4 is 0 Å². The molecule has 1 aromatic heterocycles. The van der Waals surface area contributed by atoms with E-state index < -0.39 is 12.2 Å². The number of aromatic nitrogens is 1. The van der Waals surface area contributed by atoms with E-state index in [-0.39, 0.29) is 0 Å². The first-order chi connectivity index (χ1) is 11.2. The Bertz CT molecular complexity index is 750. The highest BCUT2D eigenvalue weighted by Crippen LogP contribution is 2.33. The molecule has 0 fully saturated rings. The van der Waals surface area contributed by atoms with Gasteiger partial charge in [0.25, 0.3) is 0 Å². The molecule has 23 heavy (non-hydrogen) atoms. The highest BCUT2D eigenvalue weighted by atomic mass is 16.5. The molecule has 2 unspecified atom stereocenters. The molecule has 1 heterocycles. The van der Waals surface area contributed by atoms with Crippen molar-refractivity contribution in [2.45, 2.75) is 19.1 Å². The lowest BCUT2D eigenvalue weighted by molar-refractivity contribution is -0.0276. The fourth-order valence-corrected chi connectivity index (χ4v) is 2.53. The van der Waals surface area contributed by atoms with Gasteiger partial charge in [0.2, 0.25) is 0 Å². The molecule has 0 radical (unpaired) electrons. The van der Waals surface area contributed by atoms with Gasteiger partial charge in [0.05, 0.1) is 0 Å². The number of ether oxygens (including phenoxy) is 1. The summed E-state index contributed by atoms with van der Waals surface area (Å²) in [5, 5.41) is 14.6. The molecule has 0 bridgehead atoms. The average molecular weight is 309 g/mol. The van der Waals surface area contributed by atoms with Crippen LogP contribution in [0.3, 0.4) is 0 Å². The fourth-order valence-electron chi connectivity index (χ4n) is 2.53. The van der Waals surface area contributed by atoms with Gasteiger partial charge in [-0.25, -0.2) is 0 Å². The quantitative estimate of drug-likeness (QED) is 0.772. The van der Waals surface area contributed by atoms with Gasteiger partial charge >= 0.3 is 0 Å². The molecule has 0 spiro atoms. The molecule has 0 aliphatic carbocycles. The molecule has 0 aliphatic rings. The topological polar surface area (TPSA) is 55.5 Å². The highest BCUT2D eigenvalue weighted by Gasteiger charge is 2.26. The predicted molar refractivity (Wildman–Crippen MR) is 87.8 cm³/mol. The summed E-state index contributed by atoms with van der Waals surface area (Å²) in [6, 6.07) is 19.3. The number of methoxy groups -OCH3 is 1. The van der Waals surface area contributed by atoms with E-state index in [1.54, 1.807) is 13.2 Å². The summed E-state index contributed by atoms with van der Waals surface area (Å²) >= 11 is 0. The van der Waals surface area contributed by atoms with Gasteiger partial charge in [-0.1, -0.05) is 65.3 Å². The van der Waals surface area contributed by atoms with Crippen LogP contribution in [0.1, 0.15) is 29.1 Å². The third kappa shape index (κ3) is 3.33. The molecule has 0 saturated carbocycles. The minimum absolute atomic E-state index is 0.385. The van der Waals surface area contributed by atoms with Gasteiger partial charge in [0.15, 0.2) is 5.76 Å². The van der Waals surface area contributed by atoms with Crippen LogP contribution in [0.15, 0.2) is 65.2 Å². The van der Waals surface area contributed by atoms with Crippen molar-refractivity contribution in [3.05, 3.63) is 77.6 Å². The Kier molecular flexibility index (Phi) is 4.55. The Morgan fingerprint density at radius 2 is 1.74 bits per heavy atom. The van der Waals surface area contributed by atoms with Crippen molar-refractivity contribution in [1.82, 2.24) is 5.16 Å². The summed E-state index contributed by atoms with van der Waals surface area (Å²) < 4.78 is 10.8. The molecule has 3 rings (SSSR count). The maximum atomic E-state index is 10.6. The number of aliphatic hydroxyl groups excluding tert-OH is 1. The van der Waals surface area contributed by atoms with E-state index in [0.717, 1.165) is 16.7 Å². The molecule has 3 aromatic rings. The second-order valence-electron chi connectivity index (χ2n) is 5.49. The van der Waals surface area contributed by atoms with Gasteiger partial charge in [-0.15, -0.1) is 0 Å². The minimum Gasteiger partial charge on any atom is -0.382 e. The Labute approximate surface area is 135 Å². The lowest BCUT2D eigenvalue weighted by Crippen LogP contribution is -2.12. The molecule has 2 aromatic carbocycles. The highest BCUT2D eigenvalue weighted by molar-refractivity contribution is 5.58. The summed E-state index contributed by atoms with van der Waals surface area (Å²) in [5.41, 5.74) is 3.68. The summed E-state index contributed by atoms with van der Waals surface area (Å²) in [6.07, 6.45) is -1.43. The van der Waals surface area contributed by atoms with Gasteiger partial charge in [-0.2, -0.15) is 0 Å². The van der Waals surface area contributed by atoms with E-state index in [1.807, 2.05) is 61.5 Å². The molecular weight excluding hydrogens is 290 g/mol. The van der Waals surface area contributed by atoms with Crippen LogP contribution in [-0.4, -0.2) is 17.4 Å². The zero-order chi connectivity index (χ0) is 16.2. The monoisotopic (exact) mass is 309 g/mol. The molecule has 0 saturated heterocycles. The molecule has 1 N–H and O–H groups in total. The van der Waals surface area contributed by atoms with E-state index in [9.17, 15) is 5.11 Å². The predicted octanol–water partition coefficient (Wildman–Crippen LogP) is 4.07. The largest absolute Gasteiger partial charge is 0.382 e. The van der Waals surface area contributed by atoms with Gasteiger partial charge in [-0.05, 0) is 12.5 Å². The molecule has 4 nitrogen and oxygen atoms in total. The number of rotatable bonds is 5. The maximum absolute atomic E-state index is 10.6. The van der Waals surface area contributed by atoms with E-state index in [4.69, 9.17) is 9.26 Å². The van der Waals surface area contributed by atoms with Crippen molar-refractivity contribution < 1.29 is 14.4 Å². The lowest BCUT2D eigenvalue weighted by Gasteiger charge is -2.20. The molecule has 2 atom stereocenters. The molecule has 0 aliphatic heterocycles. The molecule has 0 amide bonds. The maximum Gasteiger partial charge on any atom is 0.168 e. The second-order valence-corrected chi connectivity index (χ2v) is 5.49. The van der Waals surface area contributed by atoms with E-state index >= 15 is 0 Å².